The van der Waals surface area contributed by atoms with Gasteiger partial charge >= 0.3 is 0 Å². The third-order valence-corrected chi connectivity index (χ3v) is 9.47. The maximum absolute atomic E-state index is 7.14. The lowest BCUT2D eigenvalue weighted by Gasteiger charge is -2.44. The van der Waals surface area contributed by atoms with Crippen LogP contribution in [-0.4, -0.2) is 0 Å². The maximum atomic E-state index is 7.14. The number of nitrogens with one attached hydrogen (secondary N) is 2. The van der Waals surface area contributed by atoms with Crippen molar-refractivity contribution in [3.63, 3.8) is 0 Å². The van der Waals surface area contributed by atoms with Gasteiger partial charge < -0.3 is 9.47 Å². The molecule has 0 aliphatic carbocycles. The highest BCUT2D eigenvalue weighted by atomic mass is 32.2. The summed E-state index contributed by atoms with van der Waals surface area (Å²) in [6.07, 6.45) is 0. The fourth-order valence-corrected chi connectivity index (χ4v) is 6.82. The summed E-state index contributed by atoms with van der Waals surface area (Å²) in [5.74, 6) is 0. The van der Waals surface area contributed by atoms with Crippen molar-refractivity contribution in [3.8, 4) is 0 Å². The van der Waals surface area contributed by atoms with E-state index >= 15 is 0 Å². The zero-order valence-corrected chi connectivity index (χ0v) is 27.2. The minimum Gasteiger partial charge on any atom is -0.342 e. The molecule has 6 aromatic rings. The maximum Gasteiger partial charge on any atom is 0.198 e. The number of hydrogen-bond donors (Lipinski definition) is 2. The Hall–Kier alpha value is -4.49. The third kappa shape index (κ3) is 8.86. The molecule has 0 fully saturated rings. The summed E-state index contributed by atoms with van der Waals surface area (Å²) in [5, 5.41) is 5.68. The zero-order chi connectivity index (χ0) is 32.0. The number of benzene rings is 6. The van der Waals surface area contributed by atoms with Gasteiger partial charge in [0.2, 0.25) is 0 Å². The van der Waals surface area contributed by atoms with Gasteiger partial charge in [0.15, 0.2) is 10.1 Å². The van der Waals surface area contributed by atoms with Gasteiger partial charge in [-0.15, -0.1) is 0 Å². The Labute approximate surface area is 282 Å². The van der Waals surface area contributed by atoms with Crippen LogP contribution in [0.1, 0.15) is 33.4 Å². The van der Waals surface area contributed by atoms with Gasteiger partial charge in [0.25, 0.3) is 0 Å². The van der Waals surface area contributed by atoms with E-state index in [1.54, 1.807) is 11.8 Å². The lowest BCUT2D eigenvalue weighted by atomic mass is 10.1. The predicted octanol–water partition coefficient (Wildman–Crippen LogP) is 9.35. The van der Waals surface area contributed by atoms with Gasteiger partial charge in [0.05, 0.1) is 13.2 Å². The molecule has 0 heterocycles. The normalized spacial score (nSPS) is 13.8. The fourth-order valence-electron chi connectivity index (χ4n) is 5.39. The number of thioether (sulfide) groups is 1. The molecular formula is C42H40N2O2S. The van der Waals surface area contributed by atoms with Crippen LogP contribution in [-0.2, 0) is 45.9 Å². The van der Waals surface area contributed by atoms with Crippen LogP contribution in [0.5, 0.6) is 0 Å². The number of rotatable bonds is 16. The highest BCUT2D eigenvalue weighted by molar-refractivity contribution is 8.00. The highest BCUT2D eigenvalue weighted by Gasteiger charge is 2.46. The van der Waals surface area contributed by atoms with Crippen LogP contribution in [0.3, 0.4) is 0 Å². The molecule has 2 atom stereocenters. The zero-order valence-electron chi connectivity index (χ0n) is 26.4. The average Bonchev–Trinajstić information content (AvgIpc) is 3.16. The molecule has 47 heavy (non-hydrogen) atoms. The summed E-state index contributed by atoms with van der Waals surface area (Å²) in [6, 6.07) is 62.4. The Balaban J connectivity index is 1.47. The largest absolute Gasteiger partial charge is 0.342 e. The Kier molecular flexibility index (Phi) is 11.3. The standard InChI is InChI=1S/C42H40N2O2S/c1-7-19-35(20-8-1)31-43-41(39-27-15-5-16-28-39,45-33-37-23-11-3-12-24-37)47-42(40-29-17-6-18-30-40,44-32-36-21-9-2-10-22-36)46-34-38-25-13-4-14-26-38/h1-30,43-44H,31-34H2. The highest BCUT2D eigenvalue weighted by Crippen LogP contribution is 2.49. The van der Waals surface area contributed by atoms with E-state index in [4.69, 9.17) is 9.47 Å². The topological polar surface area (TPSA) is 42.5 Å². The first-order valence-electron chi connectivity index (χ1n) is 16.0. The third-order valence-electron chi connectivity index (χ3n) is 7.90. The van der Waals surface area contributed by atoms with Gasteiger partial charge in [-0.1, -0.05) is 194 Å². The molecule has 0 saturated carbocycles. The van der Waals surface area contributed by atoms with Crippen molar-refractivity contribution in [1.82, 2.24) is 10.6 Å². The van der Waals surface area contributed by atoms with Crippen LogP contribution < -0.4 is 10.6 Å². The Bertz CT molecular complexity index is 1520. The molecule has 0 saturated heterocycles. The molecule has 6 rings (SSSR count). The summed E-state index contributed by atoms with van der Waals surface area (Å²) in [6.45, 7) is 1.96. The molecular weight excluding hydrogens is 597 g/mol. The summed E-state index contributed by atoms with van der Waals surface area (Å²) in [4.78, 5) is 0. The van der Waals surface area contributed by atoms with Gasteiger partial charge in [-0.25, -0.2) is 0 Å². The monoisotopic (exact) mass is 636 g/mol. The lowest BCUT2D eigenvalue weighted by molar-refractivity contribution is -0.0440. The second kappa shape index (κ2) is 16.4. The Morgan fingerprint density at radius 2 is 0.638 bits per heavy atom. The molecule has 2 N–H and O–H groups in total. The van der Waals surface area contributed by atoms with Gasteiger partial charge in [-0.2, -0.15) is 0 Å². The summed E-state index contributed by atoms with van der Waals surface area (Å²) in [7, 11) is 0. The molecule has 0 amide bonds. The van der Waals surface area contributed by atoms with Gasteiger partial charge in [-0.05, 0) is 22.3 Å². The van der Waals surface area contributed by atoms with Crippen molar-refractivity contribution in [2.24, 2.45) is 0 Å². The fraction of sp³-hybridized carbons (Fsp3) is 0.143. The van der Waals surface area contributed by atoms with E-state index in [2.05, 4.69) is 132 Å². The smallest absolute Gasteiger partial charge is 0.198 e. The molecule has 2 unspecified atom stereocenters. The van der Waals surface area contributed by atoms with E-state index in [1.807, 2.05) is 60.7 Å². The van der Waals surface area contributed by atoms with Crippen molar-refractivity contribution in [3.05, 3.63) is 215 Å². The van der Waals surface area contributed by atoms with Crippen LogP contribution in [0, 0.1) is 0 Å². The quantitative estimate of drug-likeness (QED) is 0.104. The van der Waals surface area contributed by atoms with Crippen molar-refractivity contribution in [2.75, 3.05) is 0 Å². The van der Waals surface area contributed by atoms with Crippen molar-refractivity contribution in [1.29, 1.82) is 0 Å². The van der Waals surface area contributed by atoms with Crippen LogP contribution in [0.15, 0.2) is 182 Å². The van der Waals surface area contributed by atoms with Crippen LogP contribution in [0.2, 0.25) is 0 Å². The average molecular weight is 637 g/mol. The first-order valence-corrected chi connectivity index (χ1v) is 16.8. The molecule has 6 aromatic carbocycles. The van der Waals surface area contributed by atoms with Crippen molar-refractivity contribution in [2.45, 2.75) is 36.4 Å². The van der Waals surface area contributed by atoms with Crippen molar-refractivity contribution < 1.29 is 9.47 Å². The van der Waals surface area contributed by atoms with Crippen LogP contribution in [0.4, 0.5) is 0 Å². The van der Waals surface area contributed by atoms with Crippen molar-refractivity contribution >= 4 is 11.8 Å². The second-order valence-corrected chi connectivity index (χ2v) is 12.6. The van der Waals surface area contributed by atoms with Crippen LogP contribution in [0.25, 0.3) is 0 Å². The number of hydrogen-bond acceptors (Lipinski definition) is 5. The van der Waals surface area contributed by atoms with Gasteiger partial charge in [0, 0.05) is 24.2 Å². The van der Waals surface area contributed by atoms with E-state index < -0.39 is 10.1 Å². The van der Waals surface area contributed by atoms with E-state index in [-0.39, 0.29) is 0 Å². The van der Waals surface area contributed by atoms with Gasteiger partial charge in [0.1, 0.15) is 0 Å². The Morgan fingerprint density at radius 1 is 0.362 bits per heavy atom. The first kappa shape index (κ1) is 32.5. The number of ether oxygens (including phenoxy) is 2. The summed E-state index contributed by atoms with van der Waals surface area (Å²) in [5.41, 5.74) is 6.46. The molecule has 0 spiro atoms. The van der Waals surface area contributed by atoms with E-state index in [0.717, 1.165) is 33.4 Å². The molecule has 0 aromatic heterocycles. The van der Waals surface area contributed by atoms with E-state index in [9.17, 15) is 0 Å². The lowest BCUT2D eigenvalue weighted by Crippen LogP contribution is -2.50. The van der Waals surface area contributed by atoms with E-state index in [0.29, 0.717) is 26.3 Å². The molecule has 5 heteroatoms. The molecule has 0 aliphatic rings. The minimum absolute atomic E-state index is 0.396. The molecule has 4 nitrogen and oxygen atoms in total. The SMILES string of the molecule is c1ccc(CNC(OCc2ccccc2)(SC(NCc2ccccc2)(OCc2ccccc2)c2ccccc2)c2ccccc2)cc1. The van der Waals surface area contributed by atoms with Gasteiger partial charge in [-0.3, -0.25) is 10.6 Å². The second-order valence-electron chi connectivity index (χ2n) is 11.3. The molecule has 0 aliphatic heterocycles. The summed E-state index contributed by atoms with van der Waals surface area (Å²) >= 11 is 1.60. The predicted molar refractivity (Wildman–Crippen MR) is 193 cm³/mol. The summed E-state index contributed by atoms with van der Waals surface area (Å²) < 4.78 is 14.3. The van der Waals surface area contributed by atoms with E-state index in [1.165, 1.54) is 0 Å². The molecule has 236 valence electrons. The minimum atomic E-state index is -1.04. The molecule has 0 bridgehead atoms. The van der Waals surface area contributed by atoms with Crippen LogP contribution >= 0.6 is 11.8 Å². The Morgan fingerprint density at radius 3 is 0.957 bits per heavy atom. The molecule has 0 radical (unpaired) electrons. The first-order chi connectivity index (χ1) is 23.2.